The molecule has 0 atom stereocenters. The Balaban J connectivity index is 0.00000218. The lowest BCUT2D eigenvalue weighted by Gasteiger charge is -2.12. The fourth-order valence-electron chi connectivity index (χ4n) is 3.84. The van der Waals surface area contributed by atoms with Crippen LogP contribution in [0, 0.1) is 0 Å². The highest BCUT2D eigenvalue weighted by Crippen LogP contribution is 2.38. The maximum absolute atomic E-state index is 13.1. The smallest absolute Gasteiger partial charge is 0.361 e. The van der Waals surface area contributed by atoms with E-state index in [0.29, 0.717) is 0 Å². The van der Waals surface area contributed by atoms with E-state index in [0.717, 1.165) is 56.6 Å². The van der Waals surface area contributed by atoms with Crippen molar-refractivity contribution in [3.05, 3.63) is 101 Å². The molecule has 0 spiro atoms. The van der Waals surface area contributed by atoms with Gasteiger partial charge in [-0.05, 0) is 29.8 Å². The first-order valence-corrected chi connectivity index (χ1v) is 9.20. The van der Waals surface area contributed by atoms with Gasteiger partial charge in [-0.25, -0.2) is 4.99 Å². The number of para-hydroxylation sites is 2. The summed E-state index contributed by atoms with van der Waals surface area (Å²) in [5.74, 6) is 0. The molecule has 5 heteroatoms. The number of hydrogen-bond acceptors (Lipinski definition) is 0. The minimum absolute atomic E-state index is 0. The van der Waals surface area contributed by atoms with Crippen LogP contribution < -0.4 is 4.99 Å². The topological polar surface area (TPSA) is 29.8 Å². The number of benzene rings is 3. The van der Waals surface area contributed by atoms with Gasteiger partial charge in [-0.2, -0.15) is 13.2 Å². The number of aromatic amines is 1. The predicted octanol–water partition coefficient (Wildman–Crippen LogP) is 5.58. The zero-order valence-electron chi connectivity index (χ0n) is 15.2. The first kappa shape index (κ1) is 19.7. The van der Waals surface area contributed by atoms with Gasteiger partial charge >= 0.3 is 6.18 Å². The average molecular weight is 405 g/mol. The van der Waals surface area contributed by atoms with Crippen LogP contribution in [0.15, 0.2) is 79.0 Å². The summed E-state index contributed by atoms with van der Waals surface area (Å²) in [5, 5.41) is 1.02. The Bertz CT molecular complexity index is 1280. The molecular weight excluding hydrogens is 385 g/mol. The van der Waals surface area contributed by atoms with E-state index in [-0.39, 0.29) is 7.43 Å². The molecule has 4 aromatic rings. The van der Waals surface area contributed by atoms with Crippen molar-refractivity contribution in [2.24, 2.45) is 0 Å². The number of nitrogens with one attached hydrogen (secondary N) is 2. The minimum atomic E-state index is -4.36. The Hall–Kier alpha value is -3.60. The summed E-state index contributed by atoms with van der Waals surface area (Å²) in [6, 6.07) is 21.2. The maximum Gasteiger partial charge on any atom is 0.416 e. The van der Waals surface area contributed by atoms with Gasteiger partial charge in [-0.1, -0.05) is 49.9 Å². The summed E-state index contributed by atoms with van der Waals surface area (Å²) in [6.07, 6.45) is -0.529. The number of fused-ring (bicyclic) bond motifs is 2. The number of hydrogen-bond donors (Lipinski definition) is 2. The van der Waals surface area contributed by atoms with Crippen LogP contribution in [0.3, 0.4) is 0 Å². The molecule has 0 radical (unpaired) electrons. The third kappa shape index (κ3) is 3.22. The molecule has 2 N–H and O–H groups in total. The van der Waals surface area contributed by atoms with Crippen LogP contribution in [0.25, 0.3) is 22.0 Å². The van der Waals surface area contributed by atoms with Crippen LogP contribution in [0.2, 0.25) is 0 Å². The molecule has 1 aromatic heterocycles. The first-order valence-electron chi connectivity index (χ1n) is 9.20. The maximum atomic E-state index is 13.1. The standard InChI is InChI=1S/C24H15F3N2.CH4/c25-24(26,27)16-11-9-15(10-12-16)23(19-13-28-21-7-3-1-5-17(19)21)20-14-29-22-8-4-2-6-18(20)22;/h1-14,28H;1H4/p+1. The molecule has 3 aromatic carbocycles. The fourth-order valence-corrected chi connectivity index (χ4v) is 3.84. The zero-order chi connectivity index (χ0) is 20.0. The molecule has 30 heavy (non-hydrogen) atoms. The Morgan fingerprint density at radius 3 is 2.30 bits per heavy atom. The summed E-state index contributed by atoms with van der Waals surface area (Å²) in [7, 11) is 0. The number of allylic oxidation sites excluding steroid dienone is 1. The number of H-pyrrole nitrogens is 1. The fraction of sp³-hybridized carbons (Fsp3) is 0.0800. The largest absolute Gasteiger partial charge is 0.416 e. The quantitative estimate of drug-likeness (QED) is 0.436. The molecule has 1 aliphatic heterocycles. The van der Waals surface area contributed by atoms with Gasteiger partial charge in [-0.15, -0.1) is 0 Å². The van der Waals surface area contributed by atoms with E-state index in [2.05, 4.69) is 9.98 Å². The molecule has 1 aliphatic rings. The molecule has 0 fully saturated rings. The molecule has 150 valence electrons. The molecule has 0 unspecified atom stereocenters. The van der Waals surface area contributed by atoms with Crippen molar-refractivity contribution in [3.63, 3.8) is 0 Å². The highest BCUT2D eigenvalue weighted by molar-refractivity contribution is 6.24. The average Bonchev–Trinajstić information content (AvgIpc) is 3.34. The van der Waals surface area contributed by atoms with Crippen LogP contribution in [0.5, 0.6) is 0 Å². The molecule has 2 heterocycles. The van der Waals surface area contributed by atoms with E-state index in [1.54, 1.807) is 12.1 Å². The predicted molar refractivity (Wildman–Crippen MR) is 116 cm³/mol. The third-order valence-corrected chi connectivity index (χ3v) is 5.22. The van der Waals surface area contributed by atoms with Crippen LogP contribution in [0.1, 0.15) is 29.7 Å². The number of aromatic nitrogens is 1. The number of rotatable bonds is 2. The lowest BCUT2D eigenvalue weighted by Crippen LogP contribution is -2.58. The van der Waals surface area contributed by atoms with Crippen LogP contribution in [0.4, 0.5) is 18.9 Å². The van der Waals surface area contributed by atoms with Gasteiger partial charge in [0, 0.05) is 34.3 Å². The highest BCUT2D eigenvalue weighted by Gasteiger charge is 2.31. The van der Waals surface area contributed by atoms with Crippen molar-refractivity contribution < 1.29 is 18.2 Å². The summed E-state index contributed by atoms with van der Waals surface area (Å²) < 4.78 is 39.2. The number of alkyl halides is 3. The second-order valence-corrected chi connectivity index (χ2v) is 6.95. The summed E-state index contributed by atoms with van der Waals surface area (Å²) in [5.41, 5.74) is 5.83. The van der Waals surface area contributed by atoms with Gasteiger partial charge < -0.3 is 4.98 Å². The van der Waals surface area contributed by atoms with Crippen molar-refractivity contribution in [2.45, 2.75) is 13.6 Å². The van der Waals surface area contributed by atoms with Crippen molar-refractivity contribution in [1.29, 1.82) is 0 Å². The Kier molecular flexibility index (Phi) is 4.82. The van der Waals surface area contributed by atoms with E-state index in [1.807, 2.05) is 60.9 Å². The Labute approximate surface area is 172 Å². The zero-order valence-corrected chi connectivity index (χ0v) is 15.2. The second kappa shape index (κ2) is 7.34. The Morgan fingerprint density at radius 1 is 0.833 bits per heavy atom. The van der Waals surface area contributed by atoms with Crippen molar-refractivity contribution in [2.75, 3.05) is 0 Å². The van der Waals surface area contributed by atoms with Gasteiger partial charge in [0.25, 0.3) is 0 Å². The highest BCUT2D eigenvalue weighted by atomic mass is 19.4. The lowest BCUT2D eigenvalue weighted by molar-refractivity contribution is -0.342. The van der Waals surface area contributed by atoms with Gasteiger partial charge in [-0.3, -0.25) is 0 Å². The first-order chi connectivity index (χ1) is 14.0. The molecule has 0 aliphatic carbocycles. The lowest BCUT2D eigenvalue weighted by atomic mass is 9.89. The summed E-state index contributed by atoms with van der Waals surface area (Å²) >= 11 is 0. The minimum Gasteiger partial charge on any atom is -0.361 e. The third-order valence-electron chi connectivity index (χ3n) is 5.22. The number of halogens is 3. The van der Waals surface area contributed by atoms with E-state index in [9.17, 15) is 13.2 Å². The summed E-state index contributed by atoms with van der Waals surface area (Å²) in [4.78, 5) is 6.55. The van der Waals surface area contributed by atoms with Crippen molar-refractivity contribution in [1.82, 2.24) is 4.98 Å². The van der Waals surface area contributed by atoms with Gasteiger partial charge in [0.15, 0.2) is 6.21 Å². The summed E-state index contributed by atoms with van der Waals surface area (Å²) in [6.45, 7) is 0. The van der Waals surface area contributed by atoms with Gasteiger partial charge in [0.1, 0.15) is 0 Å². The SMILES string of the molecule is C.FC(F)(F)c1ccc(C(=C2C=[NH+]c3ccccc32)c2c[nH]c3ccccc23)cc1. The van der Waals surface area contributed by atoms with Gasteiger partial charge in [0.05, 0.1) is 16.7 Å². The van der Waals surface area contributed by atoms with Crippen LogP contribution in [-0.4, -0.2) is 11.2 Å². The second-order valence-electron chi connectivity index (χ2n) is 6.95. The molecule has 0 saturated heterocycles. The molecule has 0 saturated carbocycles. The monoisotopic (exact) mass is 405 g/mol. The molecule has 2 nitrogen and oxygen atoms in total. The van der Waals surface area contributed by atoms with E-state index < -0.39 is 11.7 Å². The normalized spacial score (nSPS) is 14.5. The Morgan fingerprint density at radius 2 is 1.53 bits per heavy atom. The molecule has 5 rings (SSSR count). The van der Waals surface area contributed by atoms with E-state index in [1.165, 1.54) is 0 Å². The van der Waals surface area contributed by atoms with Crippen molar-refractivity contribution in [3.8, 4) is 0 Å². The van der Waals surface area contributed by atoms with Crippen molar-refractivity contribution >= 4 is 34.0 Å². The molecule has 0 amide bonds. The molecular formula is C25H20F3N2+. The molecule has 0 bridgehead atoms. The van der Waals surface area contributed by atoms with E-state index >= 15 is 0 Å². The van der Waals surface area contributed by atoms with Gasteiger partial charge in [0.2, 0.25) is 5.69 Å². The van der Waals surface area contributed by atoms with Crippen LogP contribution in [-0.2, 0) is 6.18 Å². The van der Waals surface area contributed by atoms with Crippen LogP contribution >= 0.6 is 0 Å². The van der Waals surface area contributed by atoms with E-state index in [4.69, 9.17) is 0 Å².